The Morgan fingerprint density at radius 1 is 1.07 bits per heavy atom. The van der Waals surface area contributed by atoms with Gasteiger partial charge in [0.1, 0.15) is 17.1 Å². The van der Waals surface area contributed by atoms with E-state index in [4.69, 9.17) is 14.9 Å². The van der Waals surface area contributed by atoms with Gasteiger partial charge in [-0.05, 0) is 80.2 Å². The third-order valence-corrected chi connectivity index (χ3v) is 11.4. The summed E-state index contributed by atoms with van der Waals surface area (Å²) in [6.07, 6.45) is 0.763. The number of amides is 1. The van der Waals surface area contributed by atoms with Gasteiger partial charge in [0, 0.05) is 17.5 Å². The molecule has 30 heavy (non-hydrogen) atoms. The lowest BCUT2D eigenvalue weighted by molar-refractivity contribution is 0.0998. The Balaban J connectivity index is 2.03. The third kappa shape index (κ3) is 3.64. The van der Waals surface area contributed by atoms with E-state index < -0.39 is 19.8 Å². The molecule has 0 aromatic heterocycles. The highest BCUT2D eigenvalue weighted by Crippen LogP contribution is 2.50. The molecule has 5 heteroatoms. The smallest absolute Gasteiger partial charge is 0.250 e. The van der Waals surface area contributed by atoms with Gasteiger partial charge in [-0.25, -0.2) is 0 Å². The molecule has 1 aliphatic heterocycles. The molecule has 0 bridgehead atoms. The molecule has 1 amide bonds. The van der Waals surface area contributed by atoms with Crippen LogP contribution in [0.15, 0.2) is 24.3 Å². The SMILES string of the molecule is Cc1c(C)c2c(c(C)c1O[Si](C)(C)C(C)(C)C)CC(C)(c1ccc(C(N)=O)cc1)O2. The quantitative estimate of drug-likeness (QED) is 0.616. The van der Waals surface area contributed by atoms with E-state index in [0.717, 1.165) is 34.6 Å². The van der Waals surface area contributed by atoms with Crippen molar-refractivity contribution in [2.75, 3.05) is 0 Å². The number of primary amides is 1. The normalized spacial score (nSPS) is 18.7. The van der Waals surface area contributed by atoms with Crippen LogP contribution in [0.3, 0.4) is 0 Å². The van der Waals surface area contributed by atoms with Gasteiger partial charge in [0.15, 0.2) is 0 Å². The monoisotopic (exact) mass is 425 g/mol. The van der Waals surface area contributed by atoms with Crippen molar-refractivity contribution in [1.29, 1.82) is 0 Å². The summed E-state index contributed by atoms with van der Waals surface area (Å²) < 4.78 is 13.3. The fraction of sp³-hybridized carbons (Fsp3) is 0.480. The van der Waals surface area contributed by atoms with Gasteiger partial charge < -0.3 is 14.9 Å². The van der Waals surface area contributed by atoms with Crippen molar-refractivity contribution in [2.45, 2.75) is 78.6 Å². The topological polar surface area (TPSA) is 61.5 Å². The molecule has 1 unspecified atom stereocenters. The van der Waals surface area contributed by atoms with E-state index in [1.165, 1.54) is 11.1 Å². The Kier molecular flexibility index (Phi) is 5.34. The molecule has 0 aliphatic carbocycles. The van der Waals surface area contributed by atoms with Crippen molar-refractivity contribution < 1.29 is 14.0 Å². The summed E-state index contributed by atoms with van der Waals surface area (Å²) in [4.78, 5) is 11.4. The van der Waals surface area contributed by atoms with Crippen LogP contribution in [-0.2, 0) is 12.0 Å². The predicted molar refractivity (Wildman–Crippen MR) is 125 cm³/mol. The molecule has 2 aromatic rings. The lowest BCUT2D eigenvalue weighted by atomic mass is 9.88. The van der Waals surface area contributed by atoms with Crippen LogP contribution in [0.2, 0.25) is 18.1 Å². The average molecular weight is 426 g/mol. The number of nitrogens with two attached hydrogens (primary N) is 1. The number of rotatable bonds is 4. The largest absolute Gasteiger partial charge is 0.543 e. The maximum absolute atomic E-state index is 11.4. The summed E-state index contributed by atoms with van der Waals surface area (Å²) >= 11 is 0. The van der Waals surface area contributed by atoms with Gasteiger partial charge in [0.25, 0.3) is 8.32 Å². The number of hydrogen-bond acceptors (Lipinski definition) is 3. The molecule has 2 aromatic carbocycles. The Hall–Kier alpha value is -2.27. The van der Waals surface area contributed by atoms with Crippen LogP contribution in [0.1, 0.15) is 65.9 Å². The molecule has 0 saturated heterocycles. The van der Waals surface area contributed by atoms with Gasteiger partial charge >= 0.3 is 0 Å². The van der Waals surface area contributed by atoms with E-state index in [-0.39, 0.29) is 5.04 Å². The van der Waals surface area contributed by atoms with Crippen LogP contribution in [-0.4, -0.2) is 14.2 Å². The van der Waals surface area contributed by atoms with Crippen LogP contribution in [0, 0.1) is 20.8 Å². The van der Waals surface area contributed by atoms with E-state index in [1.807, 2.05) is 12.1 Å². The molecule has 1 aliphatic rings. The molecule has 2 N–H and O–H groups in total. The summed E-state index contributed by atoms with van der Waals surface area (Å²) in [7, 11) is -1.97. The number of ether oxygens (including phenoxy) is 1. The van der Waals surface area contributed by atoms with E-state index in [2.05, 4.69) is 61.6 Å². The number of carbonyl (C=O) groups is 1. The molecule has 0 spiro atoms. The van der Waals surface area contributed by atoms with Gasteiger partial charge in [-0.1, -0.05) is 32.9 Å². The summed E-state index contributed by atoms with van der Waals surface area (Å²) in [6.45, 7) is 19.9. The lowest BCUT2D eigenvalue weighted by Gasteiger charge is -2.38. The highest BCUT2D eigenvalue weighted by molar-refractivity contribution is 6.74. The number of carbonyl (C=O) groups excluding carboxylic acids is 1. The first-order valence-corrected chi connectivity index (χ1v) is 13.5. The van der Waals surface area contributed by atoms with Crippen molar-refractivity contribution in [3.8, 4) is 11.5 Å². The summed E-state index contributed by atoms with van der Waals surface area (Å²) in [6, 6.07) is 7.42. The lowest BCUT2D eigenvalue weighted by Crippen LogP contribution is -2.44. The molecular weight excluding hydrogens is 390 g/mol. The number of fused-ring (bicyclic) bond motifs is 1. The molecular formula is C25H35NO3Si. The zero-order valence-electron chi connectivity index (χ0n) is 19.8. The molecule has 162 valence electrons. The van der Waals surface area contributed by atoms with E-state index >= 15 is 0 Å². The Labute approximate surface area is 181 Å². The second-order valence-electron chi connectivity index (χ2n) is 10.3. The molecule has 4 nitrogen and oxygen atoms in total. The van der Waals surface area contributed by atoms with Crippen molar-refractivity contribution in [3.63, 3.8) is 0 Å². The van der Waals surface area contributed by atoms with E-state index in [1.54, 1.807) is 12.1 Å². The Morgan fingerprint density at radius 3 is 2.13 bits per heavy atom. The molecule has 0 saturated carbocycles. The van der Waals surface area contributed by atoms with Gasteiger partial charge in [-0.15, -0.1) is 0 Å². The minimum absolute atomic E-state index is 0.131. The van der Waals surface area contributed by atoms with Crippen LogP contribution in [0.25, 0.3) is 0 Å². The van der Waals surface area contributed by atoms with Crippen LogP contribution >= 0.6 is 0 Å². The van der Waals surface area contributed by atoms with Crippen LogP contribution < -0.4 is 14.9 Å². The maximum atomic E-state index is 11.4. The molecule has 0 fully saturated rings. The second-order valence-corrected chi connectivity index (χ2v) is 15.1. The first-order chi connectivity index (χ1) is 13.7. The molecule has 1 atom stereocenters. The zero-order chi connectivity index (χ0) is 22.6. The maximum Gasteiger partial charge on any atom is 0.250 e. The summed E-state index contributed by atoms with van der Waals surface area (Å²) in [5.74, 6) is 1.57. The van der Waals surface area contributed by atoms with E-state index in [0.29, 0.717) is 5.56 Å². The van der Waals surface area contributed by atoms with Crippen molar-refractivity contribution in [2.24, 2.45) is 5.73 Å². The van der Waals surface area contributed by atoms with Crippen LogP contribution in [0.5, 0.6) is 11.5 Å². The Morgan fingerprint density at radius 2 is 1.63 bits per heavy atom. The molecule has 0 radical (unpaired) electrons. The third-order valence-electron chi connectivity index (χ3n) is 7.10. The van der Waals surface area contributed by atoms with Crippen molar-refractivity contribution >= 4 is 14.2 Å². The average Bonchev–Trinajstić information content (AvgIpc) is 3.02. The Bertz CT molecular complexity index is 1000. The van der Waals surface area contributed by atoms with E-state index in [9.17, 15) is 4.79 Å². The second kappa shape index (κ2) is 7.15. The number of benzene rings is 2. The summed E-state index contributed by atoms with van der Waals surface area (Å²) in [5, 5.41) is 0.131. The highest BCUT2D eigenvalue weighted by Gasteiger charge is 2.43. The zero-order valence-corrected chi connectivity index (χ0v) is 20.8. The van der Waals surface area contributed by atoms with Gasteiger partial charge in [0.2, 0.25) is 5.91 Å². The van der Waals surface area contributed by atoms with Crippen LogP contribution in [0.4, 0.5) is 0 Å². The highest BCUT2D eigenvalue weighted by atomic mass is 28.4. The van der Waals surface area contributed by atoms with Gasteiger partial charge in [0.05, 0.1) is 0 Å². The summed E-state index contributed by atoms with van der Waals surface area (Å²) in [5.41, 5.74) is 11.1. The predicted octanol–water partition coefficient (Wildman–Crippen LogP) is 5.95. The van der Waals surface area contributed by atoms with Crippen molar-refractivity contribution in [3.05, 3.63) is 57.6 Å². The standard InChI is InChI=1S/C25H35NO3Si/c1-15-16(2)22-20(17(3)21(15)29-30(8,9)24(4,5)6)14-25(7,28-22)19-12-10-18(11-13-19)23(26)27/h10-13H,14H2,1-9H3,(H2,26,27). The van der Waals surface area contributed by atoms with Crippen molar-refractivity contribution in [1.82, 2.24) is 0 Å². The molecule has 1 heterocycles. The minimum Gasteiger partial charge on any atom is -0.543 e. The fourth-order valence-corrected chi connectivity index (χ4v) is 4.94. The molecule has 3 rings (SSSR count). The van der Waals surface area contributed by atoms with Gasteiger partial charge in [-0.2, -0.15) is 0 Å². The minimum atomic E-state index is -1.97. The number of hydrogen-bond donors (Lipinski definition) is 1. The first kappa shape index (κ1) is 22.4. The first-order valence-electron chi connectivity index (χ1n) is 10.6. The fourth-order valence-electron chi connectivity index (χ4n) is 3.81. The van der Waals surface area contributed by atoms with Gasteiger partial charge in [-0.3, -0.25) is 4.79 Å².